The third kappa shape index (κ3) is 4.51. The van der Waals surface area contributed by atoms with Crippen LogP contribution in [0.4, 0.5) is 5.69 Å². The molecule has 0 unspecified atom stereocenters. The lowest BCUT2D eigenvalue weighted by Crippen LogP contribution is -2.29. The highest BCUT2D eigenvalue weighted by atomic mass is 16.6. The normalized spacial score (nSPS) is 10.6. The van der Waals surface area contributed by atoms with Crippen LogP contribution in [0.1, 0.15) is 32.8 Å². The second-order valence-electron chi connectivity index (χ2n) is 4.78. The number of ether oxygens (including phenoxy) is 2. The first kappa shape index (κ1) is 14.8. The van der Waals surface area contributed by atoms with Crippen molar-refractivity contribution in [3.05, 3.63) is 23.8 Å². The van der Waals surface area contributed by atoms with Gasteiger partial charge < -0.3 is 15.2 Å². The Kier molecular flexibility index (Phi) is 4.76. The van der Waals surface area contributed by atoms with Gasteiger partial charge in [-0.1, -0.05) is 6.07 Å². The average molecular weight is 262 g/mol. The number of nitrogens with two attached hydrogens (primary N) is 1. The summed E-state index contributed by atoms with van der Waals surface area (Å²) in [5, 5.41) is 9.00. The van der Waals surface area contributed by atoms with Crippen molar-refractivity contribution in [1.29, 1.82) is 5.26 Å². The number of carbonyl (C=O) groups excluding carboxylic acids is 1. The van der Waals surface area contributed by atoms with Crippen LogP contribution in [0.5, 0.6) is 5.75 Å². The number of anilines is 1. The number of hydrogen-bond acceptors (Lipinski definition) is 5. The van der Waals surface area contributed by atoms with Crippen LogP contribution >= 0.6 is 0 Å². The SMILES string of the molecule is CC(=O)OC(C)(C)CCOc1cccc(N)c1C#N. The Hall–Kier alpha value is -2.22. The summed E-state index contributed by atoms with van der Waals surface area (Å²) in [6, 6.07) is 7.07. The highest BCUT2D eigenvalue weighted by Crippen LogP contribution is 2.24. The molecule has 0 saturated heterocycles. The third-order valence-electron chi connectivity index (χ3n) is 2.55. The fourth-order valence-electron chi connectivity index (χ4n) is 1.63. The first-order valence-corrected chi connectivity index (χ1v) is 5.97. The molecule has 1 rings (SSSR count). The van der Waals surface area contributed by atoms with Crippen molar-refractivity contribution in [3.8, 4) is 11.8 Å². The molecule has 0 heterocycles. The van der Waals surface area contributed by atoms with Crippen molar-refractivity contribution in [1.82, 2.24) is 0 Å². The van der Waals surface area contributed by atoms with Crippen molar-refractivity contribution < 1.29 is 14.3 Å². The summed E-state index contributed by atoms with van der Waals surface area (Å²) in [6.07, 6.45) is 0.520. The molecule has 102 valence electrons. The summed E-state index contributed by atoms with van der Waals surface area (Å²) in [6.45, 7) is 5.32. The molecular formula is C14H18N2O3. The van der Waals surface area contributed by atoms with Gasteiger partial charge in [-0.15, -0.1) is 0 Å². The van der Waals surface area contributed by atoms with E-state index < -0.39 is 5.60 Å². The molecule has 0 aliphatic carbocycles. The lowest BCUT2D eigenvalue weighted by atomic mass is 10.1. The monoisotopic (exact) mass is 262 g/mol. The topological polar surface area (TPSA) is 85.3 Å². The molecule has 0 aromatic heterocycles. The molecular weight excluding hydrogens is 244 g/mol. The number of benzene rings is 1. The zero-order valence-electron chi connectivity index (χ0n) is 11.4. The number of carbonyl (C=O) groups is 1. The zero-order valence-corrected chi connectivity index (χ0v) is 11.4. The van der Waals surface area contributed by atoms with E-state index in [1.54, 1.807) is 18.2 Å². The number of nitrogen functional groups attached to an aromatic ring is 1. The van der Waals surface area contributed by atoms with Crippen LogP contribution in [0.25, 0.3) is 0 Å². The maximum atomic E-state index is 10.9. The van der Waals surface area contributed by atoms with Crippen LogP contribution < -0.4 is 10.5 Å². The predicted molar refractivity (Wildman–Crippen MR) is 71.5 cm³/mol. The van der Waals surface area contributed by atoms with Crippen LogP contribution in [-0.2, 0) is 9.53 Å². The van der Waals surface area contributed by atoms with E-state index in [9.17, 15) is 4.79 Å². The van der Waals surface area contributed by atoms with E-state index in [2.05, 4.69) is 0 Å². The van der Waals surface area contributed by atoms with E-state index in [0.29, 0.717) is 30.0 Å². The van der Waals surface area contributed by atoms with Crippen LogP contribution in [0.15, 0.2) is 18.2 Å². The van der Waals surface area contributed by atoms with Gasteiger partial charge in [-0.05, 0) is 26.0 Å². The Bertz CT molecular complexity index is 504. The summed E-state index contributed by atoms with van der Waals surface area (Å²) in [4.78, 5) is 10.9. The number of esters is 1. The second kappa shape index (κ2) is 6.10. The molecule has 0 radical (unpaired) electrons. The van der Waals surface area contributed by atoms with Gasteiger partial charge in [0.2, 0.25) is 0 Å². The molecule has 0 aliphatic heterocycles. The molecule has 5 nitrogen and oxygen atoms in total. The largest absolute Gasteiger partial charge is 0.492 e. The van der Waals surface area contributed by atoms with E-state index in [4.69, 9.17) is 20.5 Å². The number of hydrogen-bond donors (Lipinski definition) is 1. The highest BCUT2D eigenvalue weighted by Gasteiger charge is 2.21. The van der Waals surface area contributed by atoms with Crippen molar-refractivity contribution in [2.75, 3.05) is 12.3 Å². The summed E-state index contributed by atoms with van der Waals surface area (Å²) >= 11 is 0. The first-order valence-electron chi connectivity index (χ1n) is 5.97. The minimum absolute atomic E-state index is 0.327. The second-order valence-corrected chi connectivity index (χ2v) is 4.78. The van der Waals surface area contributed by atoms with Gasteiger partial charge in [-0.2, -0.15) is 5.26 Å². The Balaban J connectivity index is 2.62. The molecule has 19 heavy (non-hydrogen) atoms. The van der Waals surface area contributed by atoms with Gasteiger partial charge >= 0.3 is 5.97 Å². The number of nitriles is 1. The number of rotatable bonds is 5. The molecule has 0 aliphatic rings. The molecule has 2 N–H and O–H groups in total. The minimum atomic E-state index is -0.598. The van der Waals surface area contributed by atoms with Gasteiger partial charge in [0.25, 0.3) is 0 Å². The Morgan fingerprint density at radius 3 is 2.74 bits per heavy atom. The summed E-state index contributed by atoms with van der Waals surface area (Å²) in [5.74, 6) is 0.118. The maximum absolute atomic E-state index is 10.9. The van der Waals surface area contributed by atoms with Crippen LogP contribution in [0, 0.1) is 11.3 Å². The van der Waals surface area contributed by atoms with Crippen LogP contribution in [0.3, 0.4) is 0 Å². The molecule has 1 aromatic rings. The molecule has 0 bridgehead atoms. The van der Waals surface area contributed by atoms with Crippen LogP contribution in [0.2, 0.25) is 0 Å². The van der Waals surface area contributed by atoms with E-state index in [1.807, 2.05) is 19.9 Å². The first-order chi connectivity index (χ1) is 8.85. The lowest BCUT2D eigenvalue weighted by molar-refractivity contribution is -0.154. The minimum Gasteiger partial charge on any atom is -0.492 e. The quantitative estimate of drug-likeness (QED) is 0.649. The Labute approximate surface area is 112 Å². The molecule has 0 saturated carbocycles. The highest BCUT2D eigenvalue weighted by molar-refractivity contribution is 5.66. The van der Waals surface area contributed by atoms with Gasteiger partial charge in [0.15, 0.2) is 0 Å². The fraction of sp³-hybridized carbons (Fsp3) is 0.429. The van der Waals surface area contributed by atoms with Gasteiger partial charge in [-0.25, -0.2) is 0 Å². The fourth-order valence-corrected chi connectivity index (χ4v) is 1.63. The molecule has 1 aromatic carbocycles. The summed E-state index contributed by atoms with van der Waals surface area (Å²) in [5.41, 5.74) is 5.80. The van der Waals surface area contributed by atoms with E-state index in [1.165, 1.54) is 6.92 Å². The zero-order chi connectivity index (χ0) is 14.5. The third-order valence-corrected chi connectivity index (χ3v) is 2.55. The number of nitrogens with zero attached hydrogens (tertiary/aromatic N) is 1. The van der Waals surface area contributed by atoms with E-state index in [-0.39, 0.29) is 5.97 Å². The van der Waals surface area contributed by atoms with Crippen molar-refractivity contribution in [2.45, 2.75) is 32.8 Å². The van der Waals surface area contributed by atoms with Crippen molar-refractivity contribution in [3.63, 3.8) is 0 Å². The molecule has 0 spiro atoms. The van der Waals surface area contributed by atoms with Crippen LogP contribution in [-0.4, -0.2) is 18.2 Å². The summed E-state index contributed by atoms with van der Waals surface area (Å²) in [7, 11) is 0. The molecule has 0 fully saturated rings. The predicted octanol–water partition coefficient (Wildman–Crippen LogP) is 2.25. The molecule has 0 amide bonds. The molecule has 0 atom stereocenters. The standard InChI is InChI=1S/C14H18N2O3/c1-10(17)19-14(2,3)7-8-18-13-6-4-5-12(16)11(13)9-15/h4-6H,7-8,16H2,1-3H3. The van der Waals surface area contributed by atoms with E-state index in [0.717, 1.165) is 0 Å². The van der Waals surface area contributed by atoms with Gasteiger partial charge in [0.05, 0.1) is 12.3 Å². The van der Waals surface area contributed by atoms with Crippen molar-refractivity contribution >= 4 is 11.7 Å². The maximum Gasteiger partial charge on any atom is 0.303 e. The Morgan fingerprint density at radius 2 is 2.16 bits per heavy atom. The van der Waals surface area contributed by atoms with Gasteiger partial charge in [0, 0.05) is 13.3 Å². The van der Waals surface area contributed by atoms with Gasteiger partial charge in [-0.3, -0.25) is 4.79 Å². The average Bonchev–Trinajstić information content (AvgIpc) is 2.27. The van der Waals surface area contributed by atoms with E-state index >= 15 is 0 Å². The van der Waals surface area contributed by atoms with Gasteiger partial charge in [0.1, 0.15) is 23.0 Å². The Morgan fingerprint density at radius 1 is 1.47 bits per heavy atom. The lowest BCUT2D eigenvalue weighted by Gasteiger charge is -2.24. The summed E-state index contributed by atoms with van der Waals surface area (Å²) < 4.78 is 10.7. The molecule has 5 heteroatoms. The smallest absolute Gasteiger partial charge is 0.303 e. The van der Waals surface area contributed by atoms with Crippen molar-refractivity contribution in [2.24, 2.45) is 0 Å².